The summed E-state index contributed by atoms with van der Waals surface area (Å²) >= 11 is 3.44. The van der Waals surface area contributed by atoms with Crippen LogP contribution in [0.5, 0.6) is 0 Å². The van der Waals surface area contributed by atoms with Crippen molar-refractivity contribution in [1.29, 1.82) is 0 Å². The zero-order chi connectivity index (χ0) is 14.3. The van der Waals surface area contributed by atoms with Gasteiger partial charge in [-0.15, -0.1) is 0 Å². The number of hydrogen-bond acceptors (Lipinski definition) is 2. The predicted molar refractivity (Wildman–Crippen MR) is 86.4 cm³/mol. The molecule has 0 aliphatic heterocycles. The van der Waals surface area contributed by atoms with Crippen molar-refractivity contribution in [3.8, 4) is 0 Å². The highest BCUT2D eigenvalue weighted by Gasteiger charge is 2.26. The summed E-state index contributed by atoms with van der Waals surface area (Å²) in [5.74, 6) is 0.706. The van der Waals surface area contributed by atoms with Gasteiger partial charge < -0.3 is 5.32 Å². The van der Waals surface area contributed by atoms with Crippen LogP contribution in [0, 0.1) is 11.3 Å². The van der Waals surface area contributed by atoms with Gasteiger partial charge >= 0.3 is 0 Å². The van der Waals surface area contributed by atoms with Gasteiger partial charge in [0.1, 0.15) is 0 Å². The smallest absolute Gasteiger partial charge is 0.0413 e. The van der Waals surface area contributed by atoms with E-state index in [0.29, 0.717) is 11.3 Å². The molecule has 0 aliphatic carbocycles. The SMILES string of the molecule is CCC(CC)(CNCC(C)C)Cc1ccc(Br)cn1. The molecule has 108 valence electrons. The molecule has 0 bridgehead atoms. The highest BCUT2D eigenvalue weighted by atomic mass is 79.9. The summed E-state index contributed by atoms with van der Waals surface area (Å²) in [6.45, 7) is 11.3. The highest BCUT2D eigenvalue weighted by Crippen LogP contribution is 2.30. The molecule has 19 heavy (non-hydrogen) atoms. The number of pyridine rings is 1. The Morgan fingerprint density at radius 1 is 1.26 bits per heavy atom. The van der Waals surface area contributed by atoms with Crippen molar-refractivity contribution in [1.82, 2.24) is 10.3 Å². The average Bonchev–Trinajstić information content (AvgIpc) is 2.40. The lowest BCUT2D eigenvalue weighted by Crippen LogP contribution is -2.37. The maximum Gasteiger partial charge on any atom is 0.0413 e. The first-order valence-corrected chi connectivity index (χ1v) is 8.12. The maximum atomic E-state index is 4.53. The van der Waals surface area contributed by atoms with Gasteiger partial charge in [-0.3, -0.25) is 4.98 Å². The van der Waals surface area contributed by atoms with Crippen LogP contribution in [0.1, 0.15) is 46.2 Å². The van der Waals surface area contributed by atoms with Crippen molar-refractivity contribution in [3.05, 3.63) is 28.5 Å². The predicted octanol–water partition coefficient (Wildman–Crippen LogP) is 4.44. The third-order valence-corrected chi connectivity index (χ3v) is 4.37. The summed E-state index contributed by atoms with van der Waals surface area (Å²) < 4.78 is 1.05. The van der Waals surface area contributed by atoms with Crippen molar-refractivity contribution >= 4 is 15.9 Å². The Balaban J connectivity index is 2.66. The summed E-state index contributed by atoms with van der Waals surface area (Å²) in [6.07, 6.45) is 5.32. The minimum atomic E-state index is 0.329. The van der Waals surface area contributed by atoms with Crippen LogP contribution in [0.15, 0.2) is 22.8 Å². The van der Waals surface area contributed by atoms with Crippen LogP contribution in [-0.4, -0.2) is 18.1 Å². The second-order valence-electron chi connectivity index (χ2n) is 5.88. The zero-order valence-electron chi connectivity index (χ0n) is 12.7. The third-order valence-electron chi connectivity index (χ3n) is 3.90. The number of nitrogens with one attached hydrogen (secondary N) is 1. The van der Waals surface area contributed by atoms with Crippen LogP contribution in [0.25, 0.3) is 0 Å². The van der Waals surface area contributed by atoms with E-state index in [2.05, 4.69) is 66.1 Å². The molecular weight excluding hydrogens is 300 g/mol. The normalized spacial score (nSPS) is 12.1. The van der Waals surface area contributed by atoms with Gasteiger partial charge in [0, 0.05) is 22.9 Å². The molecule has 0 radical (unpaired) electrons. The van der Waals surface area contributed by atoms with Crippen molar-refractivity contribution in [2.45, 2.75) is 47.0 Å². The van der Waals surface area contributed by atoms with E-state index in [0.717, 1.165) is 24.0 Å². The van der Waals surface area contributed by atoms with Gasteiger partial charge in [0.15, 0.2) is 0 Å². The largest absolute Gasteiger partial charge is 0.316 e. The van der Waals surface area contributed by atoms with Gasteiger partial charge in [-0.25, -0.2) is 0 Å². The molecule has 1 heterocycles. The first kappa shape index (κ1) is 16.6. The third kappa shape index (κ3) is 5.62. The van der Waals surface area contributed by atoms with E-state index in [1.165, 1.54) is 18.5 Å². The molecule has 2 nitrogen and oxygen atoms in total. The summed E-state index contributed by atoms with van der Waals surface area (Å²) in [5.41, 5.74) is 1.52. The Bertz CT molecular complexity index is 356. The lowest BCUT2D eigenvalue weighted by molar-refractivity contribution is 0.240. The summed E-state index contributed by atoms with van der Waals surface area (Å²) in [7, 11) is 0. The van der Waals surface area contributed by atoms with Crippen LogP contribution >= 0.6 is 15.9 Å². The lowest BCUT2D eigenvalue weighted by Gasteiger charge is -2.32. The minimum absolute atomic E-state index is 0.329. The van der Waals surface area contributed by atoms with Crippen LogP contribution in [-0.2, 0) is 6.42 Å². The molecule has 1 N–H and O–H groups in total. The fraction of sp³-hybridized carbons (Fsp3) is 0.688. The van der Waals surface area contributed by atoms with Crippen molar-refractivity contribution in [2.24, 2.45) is 11.3 Å². The Labute approximate surface area is 126 Å². The number of nitrogens with zero attached hydrogens (tertiary/aromatic N) is 1. The number of aromatic nitrogens is 1. The second kappa shape index (κ2) is 8.01. The summed E-state index contributed by atoms with van der Waals surface area (Å²) in [5, 5.41) is 3.62. The van der Waals surface area contributed by atoms with Gasteiger partial charge in [-0.2, -0.15) is 0 Å². The second-order valence-corrected chi connectivity index (χ2v) is 6.79. The molecule has 0 aliphatic rings. The molecule has 0 saturated carbocycles. The quantitative estimate of drug-likeness (QED) is 0.763. The molecule has 1 aromatic heterocycles. The number of hydrogen-bond donors (Lipinski definition) is 1. The first-order chi connectivity index (χ1) is 9.01. The molecular formula is C16H27BrN2. The first-order valence-electron chi connectivity index (χ1n) is 7.32. The molecule has 3 heteroatoms. The number of halogens is 1. The monoisotopic (exact) mass is 326 g/mol. The Morgan fingerprint density at radius 3 is 2.42 bits per heavy atom. The van der Waals surface area contributed by atoms with Crippen LogP contribution in [0.2, 0.25) is 0 Å². The van der Waals surface area contributed by atoms with E-state index in [-0.39, 0.29) is 0 Å². The van der Waals surface area contributed by atoms with Gasteiger partial charge in [0.25, 0.3) is 0 Å². The molecule has 0 spiro atoms. The van der Waals surface area contributed by atoms with E-state index in [1.807, 2.05) is 6.20 Å². The van der Waals surface area contributed by atoms with Gasteiger partial charge in [-0.1, -0.05) is 27.7 Å². The Morgan fingerprint density at radius 2 is 1.95 bits per heavy atom. The van der Waals surface area contributed by atoms with E-state index in [1.54, 1.807) is 0 Å². The zero-order valence-corrected chi connectivity index (χ0v) is 14.3. The van der Waals surface area contributed by atoms with Crippen molar-refractivity contribution in [3.63, 3.8) is 0 Å². The summed E-state index contributed by atoms with van der Waals surface area (Å²) in [6, 6.07) is 4.21. The fourth-order valence-corrected chi connectivity index (χ4v) is 2.57. The molecule has 0 atom stereocenters. The van der Waals surface area contributed by atoms with E-state index in [9.17, 15) is 0 Å². The molecule has 0 amide bonds. The molecule has 0 aromatic carbocycles. The van der Waals surface area contributed by atoms with Crippen LogP contribution in [0.3, 0.4) is 0 Å². The maximum absolute atomic E-state index is 4.53. The Kier molecular flexibility index (Phi) is 7.01. The number of rotatable bonds is 8. The van der Waals surface area contributed by atoms with Gasteiger partial charge in [0.2, 0.25) is 0 Å². The summed E-state index contributed by atoms with van der Waals surface area (Å²) in [4.78, 5) is 4.53. The standard InChI is InChI=1S/C16H27BrN2/c1-5-16(6-2,12-18-10-13(3)4)9-15-8-7-14(17)11-19-15/h7-8,11,13,18H,5-6,9-10,12H2,1-4H3. The van der Waals surface area contributed by atoms with Crippen molar-refractivity contribution < 1.29 is 0 Å². The Hall–Kier alpha value is -0.410. The minimum Gasteiger partial charge on any atom is -0.316 e. The van der Waals surface area contributed by atoms with Gasteiger partial charge in [0.05, 0.1) is 0 Å². The van der Waals surface area contributed by atoms with Gasteiger partial charge in [-0.05, 0) is 65.2 Å². The molecule has 0 saturated heterocycles. The molecule has 0 unspecified atom stereocenters. The van der Waals surface area contributed by atoms with E-state index < -0.39 is 0 Å². The van der Waals surface area contributed by atoms with Crippen LogP contribution < -0.4 is 5.32 Å². The molecule has 0 fully saturated rings. The highest BCUT2D eigenvalue weighted by molar-refractivity contribution is 9.10. The van der Waals surface area contributed by atoms with Crippen molar-refractivity contribution in [2.75, 3.05) is 13.1 Å². The average molecular weight is 327 g/mol. The van der Waals surface area contributed by atoms with Crippen LogP contribution in [0.4, 0.5) is 0 Å². The van der Waals surface area contributed by atoms with E-state index >= 15 is 0 Å². The molecule has 1 aromatic rings. The topological polar surface area (TPSA) is 24.9 Å². The van der Waals surface area contributed by atoms with E-state index in [4.69, 9.17) is 0 Å². The lowest BCUT2D eigenvalue weighted by atomic mass is 9.78. The molecule has 1 rings (SSSR count). The fourth-order valence-electron chi connectivity index (χ4n) is 2.33.